The number of aromatic nitrogens is 2. The minimum absolute atomic E-state index is 0.132. The molecule has 1 aliphatic carbocycles. The van der Waals surface area contributed by atoms with E-state index in [2.05, 4.69) is 20.9 Å². The van der Waals surface area contributed by atoms with E-state index in [9.17, 15) is 24.9 Å². The molecule has 0 radical (unpaired) electrons. The van der Waals surface area contributed by atoms with Gasteiger partial charge in [-0.1, -0.05) is 15.9 Å². The normalized spacial score (nSPS) is 32.9. The largest absolute Gasteiger partial charge is 0.396 e. The van der Waals surface area contributed by atoms with Crippen molar-refractivity contribution in [1.29, 1.82) is 0 Å². The molecule has 0 spiro atoms. The smallest absolute Gasteiger partial charge is 0.328 e. The first-order chi connectivity index (χ1) is 9.92. The van der Waals surface area contributed by atoms with Gasteiger partial charge in [0.1, 0.15) is 6.10 Å². The van der Waals surface area contributed by atoms with Crippen molar-refractivity contribution in [1.82, 2.24) is 9.55 Å². The highest BCUT2D eigenvalue weighted by molar-refractivity contribution is 9.11. The van der Waals surface area contributed by atoms with Gasteiger partial charge in [0.15, 0.2) is 0 Å². The van der Waals surface area contributed by atoms with Gasteiger partial charge < -0.3 is 20.4 Å². The minimum atomic E-state index is -1.44. The predicted molar refractivity (Wildman–Crippen MR) is 76.9 cm³/mol. The summed E-state index contributed by atoms with van der Waals surface area (Å²) < 4.78 is 0.956. The van der Waals surface area contributed by atoms with E-state index >= 15 is 0 Å². The Kier molecular flexibility index (Phi) is 4.79. The van der Waals surface area contributed by atoms with Crippen LogP contribution in [0.4, 0.5) is 0 Å². The summed E-state index contributed by atoms with van der Waals surface area (Å²) in [5, 5.41) is 39.0. The summed E-state index contributed by atoms with van der Waals surface area (Å²) in [5.74, 6) is -0.973. The Balaban J connectivity index is 2.54. The van der Waals surface area contributed by atoms with Crippen molar-refractivity contribution in [2.24, 2.45) is 5.92 Å². The van der Waals surface area contributed by atoms with Crippen molar-refractivity contribution >= 4 is 22.0 Å². The van der Waals surface area contributed by atoms with Gasteiger partial charge in [0.2, 0.25) is 0 Å². The van der Waals surface area contributed by atoms with Crippen LogP contribution in [0.15, 0.2) is 20.8 Å². The zero-order valence-electron chi connectivity index (χ0n) is 10.8. The molecule has 1 aliphatic rings. The average Bonchev–Trinajstić information content (AvgIpc) is 2.64. The fraction of sp³-hybridized carbons (Fsp3) is 0.500. The van der Waals surface area contributed by atoms with E-state index in [1.165, 1.54) is 17.3 Å². The molecule has 0 bridgehead atoms. The molecule has 1 heterocycles. The first kappa shape index (κ1) is 16.1. The van der Waals surface area contributed by atoms with Crippen LogP contribution < -0.4 is 11.2 Å². The van der Waals surface area contributed by atoms with E-state index in [0.717, 1.165) is 4.57 Å². The molecule has 116 valence electrons. The van der Waals surface area contributed by atoms with Gasteiger partial charge in [-0.3, -0.25) is 14.3 Å². The molecule has 2 rings (SSSR count). The SMILES string of the molecule is O=c1[nH]c(=O)n(C2C(O)C(O)C(CO)C2O)cc1C=CBr. The van der Waals surface area contributed by atoms with Gasteiger partial charge in [-0.15, -0.1) is 0 Å². The van der Waals surface area contributed by atoms with Crippen LogP contribution in [0.2, 0.25) is 0 Å². The van der Waals surface area contributed by atoms with Gasteiger partial charge in [-0.25, -0.2) is 4.79 Å². The summed E-state index contributed by atoms with van der Waals surface area (Å²) in [6.45, 7) is -0.540. The van der Waals surface area contributed by atoms with Gasteiger partial charge in [-0.05, 0) is 11.1 Å². The van der Waals surface area contributed by atoms with E-state index < -0.39 is 48.1 Å². The molecule has 8 nitrogen and oxygen atoms in total. The number of hydrogen-bond acceptors (Lipinski definition) is 6. The molecule has 1 aromatic heterocycles. The van der Waals surface area contributed by atoms with E-state index in [4.69, 9.17) is 5.11 Å². The molecular weight excluding hydrogens is 348 g/mol. The Bertz CT molecular complexity index is 654. The number of aromatic amines is 1. The molecule has 5 N–H and O–H groups in total. The van der Waals surface area contributed by atoms with Crippen LogP contribution >= 0.6 is 15.9 Å². The molecule has 21 heavy (non-hydrogen) atoms. The van der Waals surface area contributed by atoms with Gasteiger partial charge in [0.05, 0.1) is 30.4 Å². The quantitative estimate of drug-likeness (QED) is 0.428. The number of nitrogens with one attached hydrogen (secondary N) is 1. The van der Waals surface area contributed by atoms with E-state index in [1.807, 2.05) is 0 Å². The second kappa shape index (κ2) is 6.24. The Hall–Kier alpha value is -1.26. The number of rotatable bonds is 3. The van der Waals surface area contributed by atoms with Crippen molar-refractivity contribution in [2.45, 2.75) is 24.4 Å². The average molecular weight is 363 g/mol. The Morgan fingerprint density at radius 2 is 1.90 bits per heavy atom. The maximum Gasteiger partial charge on any atom is 0.328 e. The van der Waals surface area contributed by atoms with Gasteiger partial charge >= 0.3 is 5.69 Å². The Labute approximate surface area is 127 Å². The maximum atomic E-state index is 11.9. The summed E-state index contributed by atoms with van der Waals surface area (Å²) in [5.41, 5.74) is -1.30. The molecule has 5 unspecified atom stereocenters. The van der Waals surface area contributed by atoms with Crippen molar-refractivity contribution in [3.05, 3.63) is 37.6 Å². The monoisotopic (exact) mass is 362 g/mol. The van der Waals surface area contributed by atoms with Crippen molar-refractivity contribution < 1.29 is 20.4 Å². The van der Waals surface area contributed by atoms with Crippen LogP contribution in [0.3, 0.4) is 0 Å². The maximum absolute atomic E-state index is 11.9. The van der Waals surface area contributed by atoms with Crippen LogP contribution in [0.5, 0.6) is 0 Å². The lowest BCUT2D eigenvalue weighted by atomic mass is 10.0. The summed E-state index contributed by atoms with van der Waals surface area (Å²) in [6, 6.07) is -1.16. The second-order valence-electron chi connectivity index (χ2n) is 4.85. The molecule has 9 heteroatoms. The highest BCUT2D eigenvalue weighted by Gasteiger charge is 2.49. The molecule has 1 fully saturated rings. The summed E-state index contributed by atoms with van der Waals surface area (Å²) in [4.78, 5) is 27.0. The first-order valence-electron chi connectivity index (χ1n) is 6.19. The van der Waals surface area contributed by atoms with Gasteiger partial charge in [-0.2, -0.15) is 0 Å². The fourth-order valence-corrected chi connectivity index (χ4v) is 2.85. The van der Waals surface area contributed by atoms with Crippen molar-refractivity contribution in [3.8, 4) is 0 Å². The third-order valence-corrected chi connectivity index (χ3v) is 3.96. The molecule has 0 aliphatic heterocycles. The first-order valence-corrected chi connectivity index (χ1v) is 7.11. The number of nitrogens with zero attached hydrogens (tertiary/aromatic N) is 1. The number of aliphatic hydroxyl groups is 4. The Morgan fingerprint density at radius 3 is 2.43 bits per heavy atom. The number of aliphatic hydroxyl groups excluding tert-OH is 4. The minimum Gasteiger partial charge on any atom is -0.396 e. The molecule has 5 atom stereocenters. The number of halogens is 1. The fourth-order valence-electron chi connectivity index (χ4n) is 2.57. The lowest BCUT2D eigenvalue weighted by molar-refractivity contribution is -0.00809. The summed E-state index contributed by atoms with van der Waals surface area (Å²) in [6.07, 6.45) is -1.57. The second-order valence-corrected chi connectivity index (χ2v) is 5.38. The topological polar surface area (TPSA) is 136 Å². The molecule has 1 saturated carbocycles. The highest BCUT2D eigenvalue weighted by Crippen LogP contribution is 2.34. The lowest BCUT2D eigenvalue weighted by Gasteiger charge is -2.21. The van der Waals surface area contributed by atoms with E-state index in [1.54, 1.807) is 0 Å². The van der Waals surface area contributed by atoms with Crippen LogP contribution in [0, 0.1) is 5.92 Å². The number of hydrogen-bond donors (Lipinski definition) is 5. The third-order valence-electron chi connectivity index (χ3n) is 3.70. The highest BCUT2D eigenvalue weighted by atomic mass is 79.9. The molecule has 0 saturated heterocycles. The van der Waals surface area contributed by atoms with E-state index in [-0.39, 0.29) is 5.56 Å². The Morgan fingerprint density at radius 1 is 1.24 bits per heavy atom. The van der Waals surface area contributed by atoms with E-state index in [0.29, 0.717) is 0 Å². The standard InChI is InChI=1S/C12H15BrN2O6/c13-2-1-5-3-15(12(21)14-11(5)20)7-8(17)6(4-16)9(18)10(7)19/h1-3,6-10,16-19H,4H2,(H,14,20,21). The van der Waals surface area contributed by atoms with Crippen molar-refractivity contribution in [2.75, 3.05) is 6.61 Å². The summed E-state index contributed by atoms with van der Waals surface area (Å²) in [7, 11) is 0. The number of H-pyrrole nitrogens is 1. The summed E-state index contributed by atoms with van der Waals surface area (Å²) >= 11 is 3.01. The molecule has 0 aromatic carbocycles. The van der Waals surface area contributed by atoms with Crippen LogP contribution in [0.1, 0.15) is 11.6 Å². The molecular formula is C12H15BrN2O6. The van der Waals surface area contributed by atoms with Gasteiger partial charge in [0, 0.05) is 12.1 Å². The third kappa shape index (κ3) is 2.74. The van der Waals surface area contributed by atoms with Crippen molar-refractivity contribution in [3.63, 3.8) is 0 Å². The van der Waals surface area contributed by atoms with Gasteiger partial charge in [0.25, 0.3) is 5.56 Å². The zero-order chi connectivity index (χ0) is 15.7. The van der Waals surface area contributed by atoms with Crippen LogP contribution in [0.25, 0.3) is 6.08 Å². The molecule has 1 aromatic rings. The lowest BCUT2D eigenvalue weighted by Crippen LogP contribution is -2.40. The predicted octanol–water partition coefficient (Wildman–Crippen LogP) is -1.85. The van der Waals surface area contributed by atoms with Crippen LogP contribution in [-0.4, -0.2) is 54.9 Å². The zero-order valence-corrected chi connectivity index (χ0v) is 12.3. The van der Waals surface area contributed by atoms with Crippen LogP contribution in [-0.2, 0) is 0 Å². The molecule has 0 amide bonds.